The van der Waals surface area contributed by atoms with E-state index in [2.05, 4.69) is 49.2 Å². The lowest BCUT2D eigenvalue weighted by atomic mass is 9.86. The molecule has 1 aliphatic carbocycles. The Morgan fingerprint density at radius 2 is 2.23 bits per heavy atom. The number of fused-ring (bicyclic) bond motifs is 1. The van der Waals surface area contributed by atoms with E-state index in [1.807, 2.05) is 11.8 Å². The summed E-state index contributed by atoms with van der Waals surface area (Å²) in [4.78, 5) is 14.6. The maximum atomic E-state index is 12.8. The third kappa shape index (κ3) is 2.23. The Hall–Kier alpha value is -2.10. The van der Waals surface area contributed by atoms with Gasteiger partial charge in [0, 0.05) is 18.4 Å². The van der Waals surface area contributed by atoms with Gasteiger partial charge in [-0.1, -0.05) is 32.9 Å². The molecule has 0 fully saturated rings. The molecule has 2 aromatic rings. The molecule has 3 rings (SSSR count). The van der Waals surface area contributed by atoms with Crippen molar-refractivity contribution in [2.45, 2.75) is 45.4 Å². The van der Waals surface area contributed by atoms with E-state index < -0.39 is 0 Å². The first-order chi connectivity index (χ1) is 10.5. The molecule has 0 radical (unpaired) electrons. The summed E-state index contributed by atoms with van der Waals surface area (Å²) >= 11 is 0. The number of nitrogens with one attached hydrogen (secondary N) is 1. The molecule has 0 saturated carbocycles. The summed E-state index contributed by atoms with van der Waals surface area (Å²) in [6, 6.07) is 6.34. The van der Waals surface area contributed by atoms with Crippen LogP contribution in [-0.2, 0) is 5.41 Å². The fraction of sp³-hybridized carbons (Fsp3) is 0.444. The third-order valence-electron chi connectivity index (χ3n) is 4.72. The number of carbonyl (C=O) groups is 1. The molecule has 0 saturated heterocycles. The molecule has 1 amide bonds. The largest absolute Gasteiger partial charge is 0.308 e. The topological polar surface area (TPSA) is 49.0 Å². The van der Waals surface area contributed by atoms with Crippen molar-refractivity contribution in [3.63, 3.8) is 0 Å². The molecule has 1 aliphatic rings. The molecule has 1 aromatic heterocycles. The van der Waals surface area contributed by atoms with E-state index in [0.717, 1.165) is 12.1 Å². The van der Waals surface area contributed by atoms with Gasteiger partial charge in [-0.15, -0.1) is 0 Å². The smallest absolute Gasteiger partial charge is 0.261 e. The quantitative estimate of drug-likeness (QED) is 0.935. The predicted molar refractivity (Wildman–Crippen MR) is 88.4 cm³/mol. The van der Waals surface area contributed by atoms with Crippen LogP contribution in [0.1, 0.15) is 61.5 Å². The highest BCUT2D eigenvalue weighted by Crippen LogP contribution is 2.49. The number of carbonyl (C=O) groups excluding carboxylic acids is 1. The van der Waals surface area contributed by atoms with Crippen molar-refractivity contribution in [1.29, 1.82) is 0 Å². The van der Waals surface area contributed by atoms with Crippen molar-refractivity contribution in [2.75, 3.05) is 11.4 Å². The average Bonchev–Trinajstić information content (AvgIpc) is 3.08. The standard InChI is InChI=1S/C18H23N3O/c1-5-21(17(22)13-10-19-20-11-13)15-8-6-7-14-16(15)12(2)9-18(14,3)4/h6-8,10-12H,5,9H2,1-4H3,(H,19,20). The average molecular weight is 297 g/mol. The maximum Gasteiger partial charge on any atom is 0.261 e. The van der Waals surface area contributed by atoms with Crippen molar-refractivity contribution >= 4 is 11.6 Å². The lowest BCUT2D eigenvalue weighted by molar-refractivity contribution is 0.0988. The number of benzene rings is 1. The molecule has 116 valence electrons. The van der Waals surface area contributed by atoms with Crippen LogP contribution in [0.25, 0.3) is 0 Å². The molecular formula is C18H23N3O. The molecule has 1 unspecified atom stereocenters. The summed E-state index contributed by atoms with van der Waals surface area (Å²) in [5, 5.41) is 6.61. The molecule has 4 heteroatoms. The van der Waals surface area contributed by atoms with Crippen LogP contribution in [-0.4, -0.2) is 22.6 Å². The molecule has 1 aromatic carbocycles. The van der Waals surface area contributed by atoms with E-state index in [4.69, 9.17) is 0 Å². The summed E-state index contributed by atoms with van der Waals surface area (Å²) in [5.74, 6) is 0.467. The number of hydrogen-bond donors (Lipinski definition) is 1. The van der Waals surface area contributed by atoms with Gasteiger partial charge in [-0.05, 0) is 41.9 Å². The Labute approximate surface area is 131 Å². The zero-order chi connectivity index (χ0) is 15.9. The molecule has 1 N–H and O–H groups in total. The van der Waals surface area contributed by atoms with Crippen molar-refractivity contribution in [1.82, 2.24) is 10.2 Å². The Kier molecular flexibility index (Phi) is 3.55. The summed E-state index contributed by atoms with van der Waals surface area (Å²) in [6.07, 6.45) is 4.36. The molecule has 22 heavy (non-hydrogen) atoms. The summed E-state index contributed by atoms with van der Waals surface area (Å²) in [6.45, 7) is 9.49. The van der Waals surface area contributed by atoms with Gasteiger partial charge in [0.25, 0.3) is 5.91 Å². The van der Waals surface area contributed by atoms with Gasteiger partial charge in [-0.3, -0.25) is 9.89 Å². The Morgan fingerprint density at radius 3 is 2.86 bits per heavy atom. The fourth-order valence-electron chi connectivity index (χ4n) is 3.82. The number of hydrogen-bond acceptors (Lipinski definition) is 2. The Bertz CT molecular complexity index is 688. The molecular weight excluding hydrogens is 274 g/mol. The van der Waals surface area contributed by atoms with Crippen LogP contribution < -0.4 is 4.90 Å². The van der Waals surface area contributed by atoms with Gasteiger partial charge in [0.1, 0.15) is 0 Å². The van der Waals surface area contributed by atoms with Crippen LogP contribution in [0.15, 0.2) is 30.6 Å². The van der Waals surface area contributed by atoms with Gasteiger partial charge < -0.3 is 4.90 Å². The van der Waals surface area contributed by atoms with E-state index in [9.17, 15) is 4.79 Å². The summed E-state index contributed by atoms with van der Waals surface area (Å²) in [7, 11) is 0. The van der Waals surface area contributed by atoms with E-state index in [1.54, 1.807) is 12.4 Å². The first-order valence-corrected chi connectivity index (χ1v) is 7.89. The Morgan fingerprint density at radius 1 is 1.45 bits per heavy atom. The molecule has 1 atom stereocenters. The number of amides is 1. The lowest BCUT2D eigenvalue weighted by Crippen LogP contribution is -2.31. The highest BCUT2D eigenvalue weighted by molar-refractivity contribution is 6.06. The number of rotatable bonds is 3. The molecule has 0 aliphatic heterocycles. The van der Waals surface area contributed by atoms with Crippen LogP contribution in [0.5, 0.6) is 0 Å². The van der Waals surface area contributed by atoms with Gasteiger partial charge in [0.05, 0.1) is 11.8 Å². The molecule has 4 nitrogen and oxygen atoms in total. The van der Waals surface area contributed by atoms with Crippen molar-refractivity contribution < 1.29 is 4.79 Å². The number of nitrogens with zero attached hydrogens (tertiary/aromatic N) is 2. The highest BCUT2D eigenvalue weighted by atomic mass is 16.2. The fourth-order valence-corrected chi connectivity index (χ4v) is 3.82. The lowest BCUT2D eigenvalue weighted by Gasteiger charge is -2.25. The van der Waals surface area contributed by atoms with E-state index in [1.165, 1.54) is 11.1 Å². The van der Waals surface area contributed by atoms with Crippen molar-refractivity contribution in [3.8, 4) is 0 Å². The zero-order valence-corrected chi connectivity index (χ0v) is 13.7. The van der Waals surface area contributed by atoms with Crippen LogP contribution in [0.2, 0.25) is 0 Å². The Balaban J connectivity index is 2.08. The minimum absolute atomic E-state index is 0.00144. The SMILES string of the molecule is CCN(C(=O)c1cn[nH]c1)c1cccc2c1C(C)CC2(C)C. The van der Waals surface area contributed by atoms with Crippen molar-refractivity contribution in [3.05, 3.63) is 47.3 Å². The number of H-pyrrole nitrogens is 1. The minimum atomic E-state index is 0.00144. The number of aromatic nitrogens is 2. The second-order valence-electron chi connectivity index (χ2n) is 6.76. The number of aromatic amines is 1. The van der Waals surface area contributed by atoms with E-state index >= 15 is 0 Å². The second-order valence-corrected chi connectivity index (χ2v) is 6.76. The minimum Gasteiger partial charge on any atom is -0.308 e. The summed E-state index contributed by atoms with van der Waals surface area (Å²) in [5.41, 5.74) is 4.51. The van der Waals surface area contributed by atoms with Gasteiger partial charge in [-0.25, -0.2) is 0 Å². The maximum absolute atomic E-state index is 12.8. The summed E-state index contributed by atoms with van der Waals surface area (Å²) < 4.78 is 0. The van der Waals surface area contributed by atoms with E-state index in [0.29, 0.717) is 18.0 Å². The molecule has 1 heterocycles. The molecule has 0 spiro atoms. The van der Waals surface area contributed by atoms with Crippen LogP contribution in [0.4, 0.5) is 5.69 Å². The van der Waals surface area contributed by atoms with Crippen LogP contribution >= 0.6 is 0 Å². The highest BCUT2D eigenvalue weighted by Gasteiger charge is 2.37. The third-order valence-corrected chi connectivity index (χ3v) is 4.72. The van der Waals surface area contributed by atoms with Crippen LogP contribution in [0.3, 0.4) is 0 Å². The molecule has 0 bridgehead atoms. The zero-order valence-electron chi connectivity index (χ0n) is 13.7. The van der Waals surface area contributed by atoms with Crippen LogP contribution in [0, 0.1) is 0 Å². The number of anilines is 1. The predicted octanol–water partition coefficient (Wildman–Crippen LogP) is 3.86. The van der Waals surface area contributed by atoms with Gasteiger partial charge >= 0.3 is 0 Å². The normalized spacial score (nSPS) is 19.0. The monoisotopic (exact) mass is 297 g/mol. The first kappa shape index (κ1) is 14.8. The van der Waals surface area contributed by atoms with Gasteiger partial charge in [0.2, 0.25) is 0 Å². The van der Waals surface area contributed by atoms with Crippen molar-refractivity contribution in [2.24, 2.45) is 0 Å². The van der Waals surface area contributed by atoms with E-state index in [-0.39, 0.29) is 11.3 Å². The first-order valence-electron chi connectivity index (χ1n) is 7.89. The second kappa shape index (κ2) is 5.27. The van der Waals surface area contributed by atoms with Gasteiger partial charge in [-0.2, -0.15) is 5.10 Å². The van der Waals surface area contributed by atoms with Gasteiger partial charge in [0.15, 0.2) is 0 Å².